The van der Waals surface area contributed by atoms with E-state index in [1.165, 1.54) is 0 Å². The molecule has 1 aromatic heterocycles. The van der Waals surface area contributed by atoms with E-state index in [2.05, 4.69) is 10.4 Å². The Morgan fingerprint density at radius 3 is 2.87 bits per heavy atom. The quantitative estimate of drug-likeness (QED) is 0.902. The second-order valence-corrected chi connectivity index (χ2v) is 7.11. The molecule has 3 rings (SSSR count). The number of carbonyl (C=O) groups excluding carboxylic acids is 1. The van der Waals surface area contributed by atoms with E-state index in [-0.39, 0.29) is 11.9 Å². The maximum absolute atomic E-state index is 12.4. The highest BCUT2D eigenvalue weighted by molar-refractivity contribution is 7.99. The van der Waals surface area contributed by atoms with Gasteiger partial charge >= 0.3 is 0 Å². The Hall–Kier alpha value is -1.79. The molecule has 6 heteroatoms. The minimum Gasteiger partial charge on any atom is -0.380 e. The molecule has 1 fully saturated rings. The average molecular weight is 331 g/mol. The van der Waals surface area contributed by atoms with Gasteiger partial charge in [0.25, 0.3) is 5.91 Å². The van der Waals surface area contributed by atoms with Gasteiger partial charge in [0.15, 0.2) is 0 Å². The average Bonchev–Trinajstić information content (AvgIpc) is 3.10. The van der Waals surface area contributed by atoms with Crippen molar-refractivity contribution < 1.29 is 9.90 Å². The summed E-state index contributed by atoms with van der Waals surface area (Å²) in [5.74, 6) is 1.38. The van der Waals surface area contributed by atoms with Crippen LogP contribution in [0.5, 0.6) is 0 Å². The Bertz CT molecular complexity index is 666. The number of hydrogen-bond acceptors (Lipinski definition) is 4. The van der Waals surface area contributed by atoms with Crippen molar-refractivity contribution in [3.8, 4) is 5.69 Å². The van der Waals surface area contributed by atoms with E-state index in [1.54, 1.807) is 22.6 Å². The van der Waals surface area contributed by atoms with Gasteiger partial charge in [-0.15, -0.1) is 0 Å². The molecule has 1 amide bonds. The molecule has 0 spiro atoms. The van der Waals surface area contributed by atoms with E-state index in [1.807, 2.05) is 43.5 Å². The Kier molecular flexibility index (Phi) is 4.73. The van der Waals surface area contributed by atoms with Crippen LogP contribution in [0.15, 0.2) is 42.7 Å². The number of thioether (sulfide) groups is 1. The lowest BCUT2D eigenvalue weighted by Crippen LogP contribution is -2.49. The Morgan fingerprint density at radius 1 is 1.39 bits per heavy atom. The molecule has 1 unspecified atom stereocenters. The first-order valence-corrected chi connectivity index (χ1v) is 8.95. The molecular formula is C17H21N3O2S. The highest BCUT2D eigenvalue weighted by Gasteiger charge is 2.37. The zero-order chi connectivity index (χ0) is 16.3. The number of hydrogen-bond donors (Lipinski definition) is 2. The van der Waals surface area contributed by atoms with Gasteiger partial charge in [-0.2, -0.15) is 16.9 Å². The third kappa shape index (κ3) is 3.59. The van der Waals surface area contributed by atoms with Gasteiger partial charge in [0.05, 0.1) is 11.7 Å². The fourth-order valence-electron chi connectivity index (χ4n) is 2.71. The topological polar surface area (TPSA) is 67.2 Å². The van der Waals surface area contributed by atoms with E-state index < -0.39 is 5.60 Å². The van der Waals surface area contributed by atoms with Crippen LogP contribution in [0.2, 0.25) is 0 Å². The van der Waals surface area contributed by atoms with Crippen molar-refractivity contribution >= 4 is 17.7 Å². The van der Waals surface area contributed by atoms with Crippen molar-refractivity contribution in [2.24, 2.45) is 0 Å². The van der Waals surface area contributed by atoms with Crippen molar-refractivity contribution in [2.75, 3.05) is 11.5 Å². The van der Waals surface area contributed by atoms with Crippen molar-refractivity contribution in [3.05, 3.63) is 48.3 Å². The van der Waals surface area contributed by atoms with Gasteiger partial charge in [0, 0.05) is 12.4 Å². The predicted octanol–water partition coefficient (Wildman–Crippen LogP) is 2.31. The first-order valence-electron chi connectivity index (χ1n) is 7.79. The molecule has 0 saturated carbocycles. The molecule has 2 N–H and O–H groups in total. The second-order valence-electron chi connectivity index (χ2n) is 5.88. The van der Waals surface area contributed by atoms with Crippen molar-refractivity contribution in [2.45, 2.75) is 31.4 Å². The summed E-state index contributed by atoms with van der Waals surface area (Å²) in [6, 6.07) is 9.58. The molecule has 0 radical (unpaired) electrons. The third-order valence-electron chi connectivity index (χ3n) is 4.23. The minimum absolute atomic E-state index is 0.170. The Labute approximate surface area is 140 Å². The number of aliphatic hydroxyl groups is 1. The zero-order valence-electron chi connectivity index (χ0n) is 13.1. The van der Waals surface area contributed by atoms with Crippen LogP contribution in [-0.4, -0.2) is 37.9 Å². The molecule has 0 aliphatic carbocycles. The third-order valence-corrected chi connectivity index (χ3v) is 5.21. The lowest BCUT2D eigenvalue weighted by Gasteiger charge is -2.31. The van der Waals surface area contributed by atoms with Crippen LogP contribution in [0.1, 0.15) is 31.4 Å². The standard InChI is InChI=1S/C17H21N3O2S/c1-13(19-16(21)17(22)6-10-23-11-7-17)14-4-2-5-15(12-14)20-9-3-8-18-20/h2-5,8-9,12-13,22H,6-7,10-11H2,1H3,(H,19,21). The fourth-order valence-corrected chi connectivity index (χ4v) is 3.88. The maximum Gasteiger partial charge on any atom is 0.252 e. The van der Waals surface area contributed by atoms with Gasteiger partial charge < -0.3 is 10.4 Å². The summed E-state index contributed by atoms with van der Waals surface area (Å²) < 4.78 is 1.78. The van der Waals surface area contributed by atoms with Gasteiger partial charge in [-0.1, -0.05) is 12.1 Å². The van der Waals surface area contributed by atoms with Crippen LogP contribution in [0.3, 0.4) is 0 Å². The largest absolute Gasteiger partial charge is 0.380 e. The number of amides is 1. The molecule has 23 heavy (non-hydrogen) atoms. The molecule has 2 heterocycles. The molecule has 1 atom stereocenters. The molecule has 2 aromatic rings. The molecule has 122 valence electrons. The maximum atomic E-state index is 12.4. The van der Waals surface area contributed by atoms with Gasteiger partial charge in [0.2, 0.25) is 0 Å². The number of nitrogens with zero attached hydrogens (tertiary/aromatic N) is 2. The SMILES string of the molecule is CC(NC(=O)C1(O)CCSCC1)c1cccc(-n2cccn2)c1. The van der Waals surface area contributed by atoms with E-state index >= 15 is 0 Å². The van der Waals surface area contributed by atoms with Crippen molar-refractivity contribution in [1.82, 2.24) is 15.1 Å². The highest BCUT2D eigenvalue weighted by atomic mass is 32.2. The Balaban J connectivity index is 1.72. The van der Waals surface area contributed by atoms with Crippen LogP contribution in [0.4, 0.5) is 0 Å². The summed E-state index contributed by atoms with van der Waals surface area (Å²) >= 11 is 1.78. The first kappa shape index (κ1) is 16.1. The summed E-state index contributed by atoms with van der Waals surface area (Å²) in [5, 5.41) is 17.7. The van der Waals surface area contributed by atoms with Crippen LogP contribution >= 0.6 is 11.8 Å². The van der Waals surface area contributed by atoms with Crippen LogP contribution < -0.4 is 5.32 Å². The smallest absolute Gasteiger partial charge is 0.252 e. The van der Waals surface area contributed by atoms with E-state index in [4.69, 9.17) is 0 Å². The van der Waals surface area contributed by atoms with Gasteiger partial charge in [-0.3, -0.25) is 4.79 Å². The summed E-state index contributed by atoms with van der Waals surface area (Å²) in [6.45, 7) is 1.93. The minimum atomic E-state index is -1.22. The van der Waals surface area contributed by atoms with E-state index in [9.17, 15) is 9.90 Å². The monoisotopic (exact) mass is 331 g/mol. The van der Waals surface area contributed by atoms with Gasteiger partial charge in [-0.05, 0) is 55.0 Å². The van der Waals surface area contributed by atoms with Crippen molar-refractivity contribution in [1.29, 1.82) is 0 Å². The lowest BCUT2D eigenvalue weighted by atomic mass is 9.95. The summed E-state index contributed by atoms with van der Waals surface area (Å²) in [7, 11) is 0. The summed E-state index contributed by atoms with van der Waals surface area (Å²) in [4.78, 5) is 12.4. The van der Waals surface area contributed by atoms with E-state index in [0.717, 1.165) is 22.8 Å². The summed E-state index contributed by atoms with van der Waals surface area (Å²) in [6.07, 6.45) is 4.65. The number of carbonyl (C=O) groups is 1. The van der Waals surface area contributed by atoms with Gasteiger partial charge in [-0.25, -0.2) is 4.68 Å². The summed E-state index contributed by atoms with van der Waals surface area (Å²) in [5.41, 5.74) is 0.709. The van der Waals surface area contributed by atoms with Crippen molar-refractivity contribution in [3.63, 3.8) is 0 Å². The number of aromatic nitrogens is 2. The number of nitrogens with one attached hydrogen (secondary N) is 1. The lowest BCUT2D eigenvalue weighted by molar-refractivity contribution is -0.141. The molecule has 1 aliphatic heterocycles. The first-order chi connectivity index (χ1) is 11.1. The Morgan fingerprint density at radius 2 is 2.17 bits per heavy atom. The second kappa shape index (κ2) is 6.76. The number of rotatable bonds is 4. The molecule has 1 aliphatic rings. The van der Waals surface area contributed by atoms with Crippen LogP contribution in [-0.2, 0) is 4.79 Å². The zero-order valence-corrected chi connectivity index (χ0v) is 13.9. The van der Waals surface area contributed by atoms with E-state index in [0.29, 0.717) is 12.8 Å². The molecule has 1 saturated heterocycles. The van der Waals surface area contributed by atoms with Gasteiger partial charge in [0.1, 0.15) is 5.60 Å². The highest BCUT2D eigenvalue weighted by Crippen LogP contribution is 2.28. The molecule has 0 bridgehead atoms. The fraction of sp³-hybridized carbons (Fsp3) is 0.412. The van der Waals surface area contributed by atoms with Crippen LogP contribution in [0, 0.1) is 0 Å². The molecule has 1 aromatic carbocycles. The van der Waals surface area contributed by atoms with Crippen LogP contribution in [0.25, 0.3) is 5.69 Å². The molecule has 5 nitrogen and oxygen atoms in total. The molecular weight excluding hydrogens is 310 g/mol. The predicted molar refractivity (Wildman–Crippen MR) is 91.6 cm³/mol. The number of benzene rings is 1. The normalized spacial score (nSPS) is 18.3.